The first kappa shape index (κ1) is 18.4. The SMILES string of the molecule is CCn1nccc1C(=O)Nc1cccc(NC(=O)C(C)n2cc(C)cn2)c1. The molecule has 8 nitrogen and oxygen atoms in total. The van der Waals surface area contributed by atoms with Gasteiger partial charge in [0.15, 0.2) is 0 Å². The molecule has 0 aliphatic heterocycles. The van der Waals surface area contributed by atoms with Crippen LogP contribution in [-0.4, -0.2) is 31.4 Å². The number of nitrogens with one attached hydrogen (secondary N) is 2. The van der Waals surface area contributed by atoms with Crippen molar-refractivity contribution in [3.8, 4) is 0 Å². The number of aryl methyl sites for hydroxylation is 2. The quantitative estimate of drug-likeness (QED) is 0.701. The van der Waals surface area contributed by atoms with Crippen molar-refractivity contribution in [3.63, 3.8) is 0 Å². The number of rotatable bonds is 6. The molecule has 0 aliphatic rings. The molecule has 2 amide bonds. The van der Waals surface area contributed by atoms with E-state index >= 15 is 0 Å². The normalized spacial score (nSPS) is 11.8. The number of benzene rings is 1. The van der Waals surface area contributed by atoms with Gasteiger partial charge in [0, 0.05) is 30.3 Å². The van der Waals surface area contributed by atoms with Crippen molar-refractivity contribution in [2.75, 3.05) is 10.6 Å². The minimum atomic E-state index is -0.448. The van der Waals surface area contributed by atoms with Crippen molar-refractivity contribution in [2.24, 2.45) is 0 Å². The van der Waals surface area contributed by atoms with E-state index in [0.29, 0.717) is 23.6 Å². The molecule has 0 spiro atoms. The first-order valence-corrected chi connectivity index (χ1v) is 8.72. The molecule has 140 valence electrons. The van der Waals surface area contributed by atoms with Gasteiger partial charge in [-0.1, -0.05) is 6.07 Å². The Hall–Kier alpha value is -3.42. The number of aromatic nitrogens is 4. The average Bonchev–Trinajstić information content (AvgIpc) is 3.30. The highest BCUT2D eigenvalue weighted by Crippen LogP contribution is 2.18. The number of carbonyl (C=O) groups is 2. The Morgan fingerprint density at radius 3 is 2.56 bits per heavy atom. The summed E-state index contributed by atoms with van der Waals surface area (Å²) in [6.07, 6.45) is 5.12. The molecule has 0 saturated heterocycles. The molecule has 8 heteroatoms. The zero-order valence-corrected chi connectivity index (χ0v) is 15.5. The van der Waals surface area contributed by atoms with Gasteiger partial charge in [-0.3, -0.25) is 19.0 Å². The highest BCUT2D eigenvalue weighted by molar-refractivity contribution is 6.03. The van der Waals surface area contributed by atoms with E-state index in [1.165, 1.54) is 0 Å². The van der Waals surface area contributed by atoms with Gasteiger partial charge in [-0.15, -0.1) is 0 Å². The second-order valence-electron chi connectivity index (χ2n) is 6.23. The number of hydrogen-bond donors (Lipinski definition) is 2. The van der Waals surface area contributed by atoms with Crippen LogP contribution in [0.25, 0.3) is 0 Å². The lowest BCUT2D eigenvalue weighted by Gasteiger charge is -2.13. The van der Waals surface area contributed by atoms with E-state index in [0.717, 1.165) is 5.56 Å². The minimum Gasteiger partial charge on any atom is -0.324 e. The molecule has 1 unspecified atom stereocenters. The maximum atomic E-state index is 12.5. The summed E-state index contributed by atoms with van der Waals surface area (Å²) in [6.45, 7) is 6.23. The molecule has 2 heterocycles. The van der Waals surface area contributed by atoms with Gasteiger partial charge in [0.25, 0.3) is 5.91 Å². The average molecular weight is 366 g/mol. The van der Waals surface area contributed by atoms with Crippen molar-refractivity contribution >= 4 is 23.2 Å². The molecule has 2 N–H and O–H groups in total. The summed E-state index contributed by atoms with van der Waals surface area (Å²) in [6, 6.07) is 8.23. The molecule has 0 saturated carbocycles. The summed E-state index contributed by atoms with van der Waals surface area (Å²) in [5.41, 5.74) is 2.65. The molecular formula is C19H22N6O2. The van der Waals surface area contributed by atoms with Crippen LogP contribution in [0.15, 0.2) is 48.9 Å². The molecule has 27 heavy (non-hydrogen) atoms. The summed E-state index contributed by atoms with van der Waals surface area (Å²) in [7, 11) is 0. The van der Waals surface area contributed by atoms with E-state index in [9.17, 15) is 9.59 Å². The summed E-state index contributed by atoms with van der Waals surface area (Å²) >= 11 is 0. The zero-order chi connectivity index (χ0) is 19.4. The Labute approximate surface area is 157 Å². The third-order valence-corrected chi connectivity index (χ3v) is 4.14. The highest BCUT2D eigenvalue weighted by Gasteiger charge is 2.16. The van der Waals surface area contributed by atoms with E-state index in [1.807, 2.05) is 20.0 Å². The fraction of sp³-hybridized carbons (Fsp3) is 0.263. The van der Waals surface area contributed by atoms with Crippen molar-refractivity contribution in [2.45, 2.75) is 33.4 Å². The first-order valence-electron chi connectivity index (χ1n) is 8.72. The van der Waals surface area contributed by atoms with Gasteiger partial charge in [0.1, 0.15) is 11.7 Å². The predicted octanol–water partition coefficient (Wildman–Crippen LogP) is 2.86. The standard InChI is InChI=1S/C19H22N6O2/c1-4-24-17(8-9-20-24)19(27)23-16-7-5-6-15(10-16)22-18(26)14(3)25-12-13(2)11-21-25/h5-12,14H,4H2,1-3H3,(H,22,26)(H,23,27). The Morgan fingerprint density at radius 1 is 1.15 bits per heavy atom. The van der Waals surface area contributed by atoms with Crippen LogP contribution in [-0.2, 0) is 11.3 Å². The lowest BCUT2D eigenvalue weighted by molar-refractivity contribution is -0.119. The van der Waals surface area contributed by atoms with Crippen LogP contribution < -0.4 is 10.6 Å². The number of anilines is 2. The molecule has 1 atom stereocenters. The third kappa shape index (κ3) is 4.22. The predicted molar refractivity (Wildman–Crippen MR) is 103 cm³/mol. The van der Waals surface area contributed by atoms with Gasteiger partial charge in [0.2, 0.25) is 5.91 Å². The van der Waals surface area contributed by atoms with Crippen LogP contribution >= 0.6 is 0 Å². The Kier molecular flexibility index (Phi) is 5.35. The fourth-order valence-corrected chi connectivity index (χ4v) is 2.66. The van der Waals surface area contributed by atoms with Gasteiger partial charge < -0.3 is 10.6 Å². The molecular weight excluding hydrogens is 344 g/mol. The molecule has 0 bridgehead atoms. The third-order valence-electron chi connectivity index (χ3n) is 4.14. The van der Waals surface area contributed by atoms with E-state index in [2.05, 4.69) is 20.8 Å². The molecule has 1 aromatic carbocycles. The lowest BCUT2D eigenvalue weighted by atomic mass is 10.2. The first-order chi connectivity index (χ1) is 13.0. The maximum Gasteiger partial charge on any atom is 0.273 e. The van der Waals surface area contributed by atoms with Crippen molar-refractivity contribution < 1.29 is 9.59 Å². The molecule has 0 radical (unpaired) electrons. The Bertz CT molecular complexity index is 959. The number of amides is 2. The van der Waals surface area contributed by atoms with E-state index in [4.69, 9.17) is 0 Å². The summed E-state index contributed by atoms with van der Waals surface area (Å²) in [4.78, 5) is 24.9. The smallest absolute Gasteiger partial charge is 0.273 e. The van der Waals surface area contributed by atoms with Crippen LogP contribution in [0.5, 0.6) is 0 Å². The topological polar surface area (TPSA) is 93.8 Å². The van der Waals surface area contributed by atoms with Crippen molar-refractivity contribution in [1.29, 1.82) is 0 Å². The molecule has 3 rings (SSSR count). The van der Waals surface area contributed by atoms with Gasteiger partial charge in [-0.25, -0.2) is 0 Å². The number of nitrogens with zero attached hydrogens (tertiary/aromatic N) is 4. The van der Waals surface area contributed by atoms with Crippen LogP contribution in [0.4, 0.5) is 11.4 Å². The summed E-state index contributed by atoms with van der Waals surface area (Å²) in [5.74, 6) is -0.441. The summed E-state index contributed by atoms with van der Waals surface area (Å²) < 4.78 is 3.23. The molecule has 3 aromatic rings. The van der Waals surface area contributed by atoms with Gasteiger partial charge in [-0.2, -0.15) is 10.2 Å². The van der Waals surface area contributed by atoms with Crippen LogP contribution in [0, 0.1) is 6.92 Å². The van der Waals surface area contributed by atoms with Gasteiger partial charge in [-0.05, 0) is 50.6 Å². The van der Waals surface area contributed by atoms with E-state index in [-0.39, 0.29) is 11.8 Å². The van der Waals surface area contributed by atoms with Gasteiger partial charge in [0.05, 0.1) is 6.20 Å². The van der Waals surface area contributed by atoms with Crippen LogP contribution in [0.2, 0.25) is 0 Å². The lowest BCUT2D eigenvalue weighted by Crippen LogP contribution is -2.24. The van der Waals surface area contributed by atoms with Gasteiger partial charge >= 0.3 is 0 Å². The van der Waals surface area contributed by atoms with Crippen molar-refractivity contribution in [1.82, 2.24) is 19.6 Å². The highest BCUT2D eigenvalue weighted by atomic mass is 16.2. The van der Waals surface area contributed by atoms with E-state index < -0.39 is 6.04 Å². The number of carbonyl (C=O) groups excluding carboxylic acids is 2. The Balaban J connectivity index is 1.68. The van der Waals surface area contributed by atoms with Crippen LogP contribution in [0.1, 0.15) is 35.9 Å². The number of hydrogen-bond acceptors (Lipinski definition) is 4. The molecule has 2 aromatic heterocycles. The molecule has 0 fully saturated rings. The Morgan fingerprint density at radius 2 is 1.89 bits per heavy atom. The minimum absolute atomic E-state index is 0.189. The molecule has 0 aliphatic carbocycles. The maximum absolute atomic E-state index is 12.5. The largest absolute Gasteiger partial charge is 0.324 e. The van der Waals surface area contributed by atoms with Crippen LogP contribution in [0.3, 0.4) is 0 Å². The monoisotopic (exact) mass is 366 g/mol. The zero-order valence-electron chi connectivity index (χ0n) is 15.5. The fourth-order valence-electron chi connectivity index (χ4n) is 2.66. The van der Waals surface area contributed by atoms with Crippen molar-refractivity contribution in [3.05, 3.63) is 60.2 Å². The second-order valence-corrected chi connectivity index (χ2v) is 6.23. The summed E-state index contributed by atoms with van der Waals surface area (Å²) in [5, 5.41) is 13.9. The second kappa shape index (κ2) is 7.86. The van der Waals surface area contributed by atoms with E-state index in [1.54, 1.807) is 59.0 Å².